The molecule has 1 unspecified atom stereocenters. The predicted molar refractivity (Wildman–Crippen MR) is 108 cm³/mol. The Morgan fingerprint density at radius 2 is 2.09 bits per heavy atom. The van der Waals surface area contributed by atoms with Gasteiger partial charge in [-0.25, -0.2) is 0 Å². The van der Waals surface area contributed by atoms with Gasteiger partial charge in [0.05, 0.1) is 0 Å². The van der Waals surface area contributed by atoms with Gasteiger partial charge in [0.1, 0.15) is 0 Å². The van der Waals surface area contributed by atoms with E-state index in [1.807, 2.05) is 7.05 Å². The maximum Gasteiger partial charge on any atom is 0.217 e. The lowest BCUT2D eigenvalue weighted by Gasteiger charge is -2.36. The number of hydrogen-bond donors (Lipinski definition) is 2. The number of aliphatic imine (C=N–C) groups is 1. The standard InChI is InChI=1S/C17H34N4O.HI/c1-13(2)10-17(3,4)12-20-16(19-5)21-8-6-7-14(11-21)9-15(18)22;/h13-14H,6-12H2,1-5H3,(H2,18,22)(H,19,20);1H. The van der Waals surface area contributed by atoms with Crippen LogP contribution in [-0.2, 0) is 4.79 Å². The van der Waals surface area contributed by atoms with Crippen LogP contribution in [0.25, 0.3) is 0 Å². The zero-order valence-corrected chi connectivity index (χ0v) is 17.7. The highest BCUT2D eigenvalue weighted by Crippen LogP contribution is 2.24. The summed E-state index contributed by atoms with van der Waals surface area (Å²) in [6, 6.07) is 0. The number of nitrogens with one attached hydrogen (secondary N) is 1. The zero-order valence-electron chi connectivity index (χ0n) is 15.4. The fraction of sp³-hybridized carbons (Fsp3) is 0.882. The van der Waals surface area contributed by atoms with E-state index >= 15 is 0 Å². The second-order valence-corrected chi connectivity index (χ2v) is 7.79. The fourth-order valence-electron chi connectivity index (χ4n) is 3.54. The van der Waals surface area contributed by atoms with Crippen LogP contribution in [0.2, 0.25) is 0 Å². The van der Waals surface area contributed by atoms with E-state index in [0.29, 0.717) is 18.3 Å². The van der Waals surface area contributed by atoms with Gasteiger partial charge in [0.2, 0.25) is 5.91 Å². The minimum absolute atomic E-state index is 0. The topological polar surface area (TPSA) is 70.7 Å². The van der Waals surface area contributed by atoms with Gasteiger partial charge < -0.3 is 16.0 Å². The number of piperidine rings is 1. The van der Waals surface area contributed by atoms with Crippen molar-refractivity contribution in [2.24, 2.45) is 28.0 Å². The third-order valence-corrected chi connectivity index (χ3v) is 4.21. The molecule has 1 aliphatic heterocycles. The van der Waals surface area contributed by atoms with Crippen LogP contribution in [0, 0.1) is 17.3 Å². The molecular formula is C17H35IN4O. The summed E-state index contributed by atoms with van der Waals surface area (Å²) in [5.41, 5.74) is 5.58. The molecular weight excluding hydrogens is 403 g/mol. The van der Waals surface area contributed by atoms with Crippen LogP contribution in [0.4, 0.5) is 0 Å². The molecule has 0 aromatic rings. The molecule has 1 fully saturated rings. The fourth-order valence-corrected chi connectivity index (χ4v) is 3.54. The molecule has 1 atom stereocenters. The van der Waals surface area contributed by atoms with Crippen molar-refractivity contribution in [2.75, 3.05) is 26.7 Å². The van der Waals surface area contributed by atoms with Gasteiger partial charge in [0.15, 0.2) is 5.96 Å². The van der Waals surface area contributed by atoms with Crippen molar-refractivity contribution in [1.29, 1.82) is 0 Å². The first kappa shape index (κ1) is 22.5. The van der Waals surface area contributed by atoms with E-state index in [1.165, 1.54) is 6.42 Å². The number of hydrogen-bond acceptors (Lipinski definition) is 2. The van der Waals surface area contributed by atoms with Crippen LogP contribution < -0.4 is 11.1 Å². The average molecular weight is 438 g/mol. The summed E-state index contributed by atoms with van der Waals surface area (Å²) in [4.78, 5) is 17.8. The molecule has 0 aromatic carbocycles. The van der Waals surface area contributed by atoms with E-state index in [9.17, 15) is 4.79 Å². The van der Waals surface area contributed by atoms with Crippen LogP contribution >= 0.6 is 24.0 Å². The Labute approximate surface area is 158 Å². The number of carbonyl (C=O) groups excluding carboxylic acids is 1. The molecule has 23 heavy (non-hydrogen) atoms. The van der Waals surface area contributed by atoms with Crippen molar-refractivity contribution >= 4 is 35.8 Å². The Kier molecular flexibility index (Phi) is 10.1. The van der Waals surface area contributed by atoms with E-state index < -0.39 is 0 Å². The molecule has 1 rings (SSSR count). The number of nitrogens with two attached hydrogens (primary N) is 1. The minimum atomic E-state index is -0.201. The third-order valence-electron chi connectivity index (χ3n) is 4.21. The number of guanidine groups is 1. The monoisotopic (exact) mass is 438 g/mol. The van der Waals surface area contributed by atoms with Gasteiger partial charge >= 0.3 is 0 Å². The highest BCUT2D eigenvalue weighted by Gasteiger charge is 2.25. The van der Waals surface area contributed by atoms with Crippen LogP contribution in [0.15, 0.2) is 4.99 Å². The molecule has 0 aliphatic carbocycles. The number of likely N-dealkylation sites (tertiary alicyclic amines) is 1. The third kappa shape index (κ3) is 8.77. The van der Waals surface area contributed by atoms with Gasteiger partial charge in [-0.05, 0) is 36.5 Å². The van der Waals surface area contributed by atoms with E-state index in [2.05, 4.69) is 42.9 Å². The number of carbonyl (C=O) groups is 1. The maximum absolute atomic E-state index is 11.1. The molecule has 5 nitrogen and oxygen atoms in total. The van der Waals surface area contributed by atoms with E-state index in [4.69, 9.17) is 5.73 Å². The summed E-state index contributed by atoms with van der Waals surface area (Å²) < 4.78 is 0. The Hall–Kier alpha value is -0.530. The summed E-state index contributed by atoms with van der Waals surface area (Å²) in [5.74, 6) is 1.79. The summed E-state index contributed by atoms with van der Waals surface area (Å²) in [5, 5.41) is 3.52. The van der Waals surface area contributed by atoms with Gasteiger partial charge in [-0.3, -0.25) is 9.79 Å². The smallest absolute Gasteiger partial charge is 0.217 e. The molecule has 0 radical (unpaired) electrons. The lowest BCUT2D eigenvalue weighted by molar-refractivity contribution is -0.119. The Morgan fingerprint density at radius 3 is 2.61 bits per heavy atom. The van der Waals surface area contributed by atoms with Crippen LogP contribution in [0.5, 0.6) is 0 Å². The van der Waals surface area contributed by atoms with Crippen LogP contribution in [0.1, 0.15) is 53.4 Å². The summed E-state index contributed by atoms with van der Waals surface area (Å²) in [6.45, 7) is 11.9. The summed E-state index contributed by atoms with van der Waals surface area (Å²) in [6.07, 6.45) is 3.83. The summed E-state index contributed by atoms with van der Waals surface area (Å²) >= 11 is 0. The van der Waals surface area contributed by atoms with Gasteiger partial charge in [0, 0.05) is 33.1 Å². The normalized spacial score (nSPS) is 19.5. The SMILES string of the molecule is CN=C(NCC(C)(C)CC(C)C)N1CCCC(CC(N)=O)C1.I. The van der Waals surface area contributed by atoms with Crippen molar-refractivity contribution in [3.8, 4) is 0 Å². The zero-order chi connectivity index (χ0) is 16.8. The lowest BCUT2D eigenvalue weighted by atomic mass is 9.84. The molecule has 1 saturated heterocycles. The number of amides is 1. The first-order valence-corrected chi connectivity index (χ1v) is 8.47. The molecule has 0 spiro atoms. The molecule has 0 aromatic heterocycles. The predicted octanol–water partition coefficient (Wildman–Crippen LogP) is 2.84. The molecule has 0 saturated carbocycles. The number of rotatable bonds is 6. The highest BCUT2D eigenvalue weighted by molar-refractivity contribution is 14.0. The number of halogens is 1. The molecule has 1 aliphatic rings. The van der Waals surface area contributed by atoms with Gasteiger partial charge in [-0.15, -0.1) is 24.0 Å². The van der Waals surface area contributed by atoms with Crippen molar-refractivity contribution in [2.45, 2.75) is 53.4 Å². The Bertz CT molecular complexity index is 396. The minimum Gasteiger partial charge on any atom is -0.370 e. The molecule has 0 bridgehead atoms. The highest BCUT2D eigenvalue weighted by atomic mass is 127. The van der Waals surface area contributed by atoms with E-state index in [0.717, 1.165) is 38.4 Å². The van der Waals surface area contributed by atoms with Crippen LogP contribution in [0.3, 0.4) is 0 Å². The second-order valence-electron chi connectivity index (χ2n) is 7.79. The van der Waals surface area contributed by atoms with Crippen molar-refractivity contribution in [3.05, 3.63) is 0 Å². The lowest BCUT2D eigenvalue weighted by Crippen LogP contribution is -2.49. The van der Waals surface area contributed by atoms with Crippen molar-refractivity contribution in [1.82, 2.24) is 10.2 Å². The van der Waals surface area contributed by atoms with Gasteiger partial charge in [-0.2, -0.15) is 0 Å². The Morgan fingerprint density at radius 1 is 1.43 bits per heavy atom. The van der Waals surface area contributed by atoms with E-state index in [-0.39, 0.29) is 35.3 Å². The average Bonchev–Trinajstić information content (AvgIpc) is 2.37. The maximum atomic E-state index is 11.1. The number of nitrogens with zero attached hydrogens (tertiary/aromatic N) is 2. The molecule has 136 valence electrons. The first-order valence-electron chi connectivity index (χ1n) is 8.47. The van der Waals surface area contributed by atoms with Crippen molar-refractivity contribution < 1.29 is 4.79 Å². The number of primary amides is 1. The second kappa shape index (κ2) is 10.4. The molecule has 3 N–H and O–H groups in total. The largest absolute Gasteiger partial charge is 0.370 e. The van der Waals surface area contributed by atoms with Crippen molar-refractivity contribution in [3.63, 3.8) is 0 Å². The molecule has 1 amide bonds. The van der Waals surface area contributed by atoms with Crippen LogP contribution in [-0.4, -0.2) is 43.4 Å². The van der Waals surface area contributed by atoms with E-state index in [1.54, 1.807) is 0 Å². The molecule has 6 heteroatoms. The molecule has 1 heterocycles. The van der Waals surface area contributed by atoms with Gasteiger partial charge in [-0.1, -0.05) is 27.7 Å². The first-order chi connectivity index (χ1) is 10.2. The van der Waals surface area contributed by atoms with Gasteiger partial charge in [0.25, 0.3) is 0 Å². The Balaban J connectivity index is 0.00000484. The quantitative estimate of drug-likeness (QED) is 0.381. The summed E-state index contributed by atoms with van der Waals surface area (Å²) in [7, 11) is 1.83.